The first kappa shape index (κ1) is 9.41. The van der Waals surface area contributed by atoms with E-state index in [4.69, 9.17) is 5.73 Å². The summed E-state index contributed by atoms with van der Waals surface area (Å²) < 4.78 is 2.20. The van der Waals surface area contributed by atoms with E-state index >= 15 is 0 Å². The smallest absolute Gasteiger partial charge is 0.198 e. The number of aryl methyl sites for hydroxylation is 1. The molecule has 0 aliphatic heterocycles. The maximum Gasteiger partial charge on any atom is 0.198 e. The minimum atomic E-state index is -0.489. The van der Waals surface area contributed by atoms with E-state index in [2.05, 4.69) is 21.0 Å². The van der Waals surface area contributed by atoms with E-state index in [0.717, 1.165) is 0 Å². The molecule has 0 spiro atoms. The summed E-state index contributed by atoms with van der Waals surface area (Å²) in [4.78, 5) is 11.4. The summed E-state index contributed by atoms with van der Waals surface area (Å²) >= 11 is 3.23. The first-order chi connectivity index (χ1) is 5.54. The summed E-state index contributed by atoms with van der Waals surface area (Å²) in [5.41, 5.74) is 5.97. The number of nitrogens with zero attached hydrogens (tertiary/aromatic N) is 2. The largest absolute Gasteiger partial charge is 0.321 e. The Hall–Kier alpha value is -0.680. The van der Waals surface area contributed by atoms with E-state index in [0.29, 0.717) is 10.2 Å². The highest BCUT2D eigenvalue weighted by molar-refractivity contribution is 9.10. The summed E-state index contributed by atoms with van der Waals surface area (Å²) in [5, 5.41) is 3.91. The van der Waals surface area contributed by atoms with Gasteiger partial charge in [0.15, 0.2) is 5.78 Å². The van der Waals surface area contributed by atoms with Crippen LogP contribution in [0.4, 0.5) is 0 Å². The Kier molecular flexibility index (Phi) is 2.64. The number of hydrogen-bond donors (Lipinski definition) is 1. The molecule has 1 aromatic heterocycles. The number of hydrogen-bond acceptors (Lipinski definition) is 3. The standard InChI is InChI=1S/C7H10BrN3O/c1-4(9)7(12)6-5(8)3-10-11(6)2/h3-4H,9H2,1-2H3. The molecule has 0 saturated carbocycles. The van der Waals surface area contributed by atoms with Gasteiger partial charge in [-0.25, -0.2) is 0 Å². The van der Waals surface area contributed by atoms with Crippen molar-refractivity contribution in [1.82, 2.24) is 9.78 Å². The zero-order valence-corrected chi connectivity index (χ0v) is 8.50. The first-order valence-corrected chi connectivity index (χ1v) is 4.30. The molecule has 66 valence electrons. The molecule has 1 unspecified atom stereocenters. The molecule has 5 heteroatoms. The van der Waals surface area contributed by atoms with E-state index in [1.165, 1.54) is 4.68 Å². The van der Waals surface area contributed by atoms with Crippen molar-refractivity contribution < 1.29 is 4.79 Å². The number of rotatable bonds is 2. The molecule has 1 rings (SSSR count). The van der Waals surface area contributed by atoms with Gasteiger partial charge in [0.25, 0.3) is 0 Å². The fourth-order valence-electron chi connectivity index (χ4n) is 0.904. The zero-order chi connectivity index (χ0) is 9.30. The maximum atomic E-state index is 11.4. The van der Waals surface area contributed by atoms with Crippen LogP contribution in [0.1, 0.15) is 17.4 Å². The van der Waals surface area contributed by atoms with Crippen molar-refractivity contribution in [2.45, 2.75) is 13.0 Å². The average molecular weight is 232 g/mol. The first-order valence-electron chi connectivity index (χ1n) is 3.51. The average Bonchev–Trinajstić information content (AvgIpc) is 2.30. The lowest BCUT2D eigenvalue weighted by Crippen LogP contribution is -2.28. The van der Waals surface area contributed by atoms with E-state index in [1.807, 2.05) is 0 Å². The number of aromatic nitrogens is 2. The molecule has 1 heterocycles. The van der Waals surface area contributed by atoms with Crippen molar-refractivity contribution in [3.63, 3.8) is 0 Å². The number of nitrogens with two attached hydrogens (primary N) is 1. The van der Waals surface area contributed by atoms with Gasteiger partial charge in [-0.1, -0.05) is 0 Å². The van der Waals surface area contributed by atoms with Crippen LogP contribution in [0.2, 0.25) is 0 Å². The number of carbonyl (C=O) groups is 1. The van der Waals surface area contributed by atoms with Crippen molar-refractivity contribution >= 4 is 21.7 Å². The van der Waals surface area contributed by atoms with Crippen LogP contribution in [-0.4, -0.2) is 21.6 Å². The molecule has 1 atom stereocenters. The lowest BCUT2D eigenvalue weighted by molar-refractivity contribution is 0.0958. The number of Topliss-reactive ketones (excluding diaryl/α,β-unsaturated/α-hetero) is 1. The molecule has 0 saturated heterocycles. The van der Waals surface area contributed by atoms with Gasteiger partial charge in [-0.05, 0) is 22.9 Å². The van der Waals surface area contributed by atoms with Gasteiger partial charge in [0.1, 0.15) is 5.69 Å². The van der Waals surface area contributed by atoms with Crippen molar-refractivity contribution in [3.05, 3.63) is 16.4 Å². The Labute approximate surface area is 78.9 Å². The van der Waals surface area contributed by atoms with Crippen molar-refractivity contribution in [2.75, 3.05) is 0 Å². The Morgan fingerprint density at radius 3 is 2.75 bits per heavy atom. The monoisotopic (exact) mass is 231 g/mol. The number of ketones is 1. The van der Waals surface area contributed by atoms with E-state index < -0.39 is 6.04 Å². The molecule has 0 aromatic carbocycles. The van der Waals surface area contributed by atoms with Crippen molar-refractivity contribution in [3.8, 4) is 0 Å². The predicted octanol–water partition coefficient (Wildman–Crippen LogP) is 0.713. The molecule has 0 aliphatic rings. The van der Waals surface area contributed by atoms with Gasteiger partial charge in [-0.2, -0.15) is 5.10 Å². The molecule has 1 aromatic rings. The topological polar surface area (TPSA) is 60.9 Å². The quantitative estimate of drug-likeness (QED) is 0.764. The molecule has 12 heavy (non-hydrogen) atoms. The summed E-state index contributed by atoms with van der Waals surface area (Å²) in [7, 11) is 1.71. The lowest BCUT2D eigenvalue weighted by atomic mass is 10.2. The second-order valence-corrected chi connectivity index (χ2v) is 3.47. The van der Waals surface area contributed by atoms with Crippen LogP contribution >= 0.6 is 15.9 Å². The Bertz CT molecular complexity index is 286. The Morgan fingerprint density at radius 1 is 1.83 bits per heavy atom. The molecular formula is C7H10BrN3O. The summed E-state index contributed by atoms with van der Waals surface area (Å²) in [6.07, 6.45) is 1.58. The highest BCUT2D eigenvalue weighted by Gasteiger charge is 2.18. The van der Waals surface area contributed by atoms with Gasteiger partial charge in [-0.3, -0.25) is 9.48 Å². The number of carbonyl (C=O) groups excluding carboxylic acids is 1. The molecule has 0 radical (unpaired) electrons. The van der Waals surface area contributed by atoms with Crippen LogP contribution in [0.15, 0.2) is 10.7 Å². The van der Waals surface area contributed by atoms with Gasteiger partial charge in [-0.15, -0.1) is 0 Å². The van der Waals surface area contributed by atoms with E-state index in [1.54, 1.807) is 20.2 Å². The van der Waals surface area contributed by atoms with Gasteiger partial charge in [0.2, 0.25) is 0 Å². The van der Waals surface area contributed by atoms with Crippen LogP contribution in [0.25, 0.3) is 0 Å². The normalized spacial score (nSPS) is 13.0. The Balaban J connectivity index is 3.09. The maximum absolute atomic E-state index is 11.4. The summed E-state index contributed by atoms with van der Waals surface area (Å²) in [6.45, 7) is 1.65. The predicted molar refractivity (Wildman–Crippen MR) is 48.9 cm³/mol. The SMILES string of the molecule is CC(N)C(=O)c1c(Br)cnn1C. The zero-order valence-electron chi connectivity index (χ0n) is 6.91. The summed E-state index contributed by atoms with van der Waals surface area (Å²) in [6, 6.07) is -0.489. The molecule has 2 N–H and O–H groups in total. The van der Waals surface area contributed by atoms with Gasteiger partial charge in [0.05, 0.1) is 16.7 Å². The molecule has 0 bridgehead atoms. The van der Waals surface area contributed by atoms with Gasteiger partial charge >= 0.3 is 0 Å². The third kappa shape index (κ3) is 1.56. The Morgan fingerprint density at radius 2 is 2.42 bits per heavy atom. The van der Waals surface area contributed by atoms with Crippen molar-refractivity contribution in [2.24, 2.45) is 12.8 Å². The molecule has 0 fully saturated rings. The van der Waals surface area contributed by atoms with Crippen LogP contribution in [-0.2, 0) is 7.05 Å². The highest BCUT2D eigenvalue weighted by Crippen LogP contribution is 2.16. The highest BCUT2D eigenvalue weighted by atomic mass is 79.9. The van der Waals surface area contributed by atoms with E-state index in [-0.39, 0.29) is 5.78 Å². The van der Waals surface area contributed by atoms with Crippen LogP contribution in [0.3, 0.4) is 0 Å². The number of halogens is 1. The molecular weight excluding hydrogens is 222 g/mol. The second-order valence-electron chi connectivity index (χ2n) is 2.62. The second kappa shape index (κ2) is 3.37. The van der Waals surface area contributed by atoms with Gasteiger partial charge in [0, 0.05) is 7.05 Å². The van der Waals surface area contributed by atoms with Crippen LogP contribution < -0.4 is 5.73 Å². The lowest BCUT2D eigenvalue weighted by Gasteiger charge is -2.04. The fourth-order valence-corrected chi connectivity index (χ4v) is 1.45. The minimum absolute atomic E-state index is 0.109. The van der Waals surface area contributed by atoms with Crippen molar-refractivity contribution in [1.29, 1.82) is 0 Å². The van der Waals surface area contributed by atoms with Gasteiger partial charge < -0.3 is 5.73 Å². The third-order valence-corrected chi connectivity index (χ3v) is 2.12. The van der Waals surface area contributed by atoms with Crippen LogP contribution in [0.5, 0.6) is 0 Å². The van der Waals surface area contributed by atoms with E-state index in [9.17, 15) is 4.79 Å². The summed E-state index contributed by atoms with van der Waals surface area (Å²) in [5.74, 6) is -0.109. The fraction of sp³-hybridized carbons (Fsp3) is 0.429. The third-order valence-electron chi connectivity index (χ3n) is 1.54. The molecule has 4 nitrogen and oxygen atoms in total. The molecule has 0 amide bonds. The minimum Gasteiger partial charge on any atom is -0.321 e. The van der Waals surface area contributed by atoms with Crippen LogP contribution in [0, 0.1) is 0 Å². The molecule has 0 aliphatic carbocycles.